The predicted molar refractivity (Wildman–Crippen MR) is 122 cm³/mol. The molecule has 0 unspecified atom stereocenters. The summed E-state index contributed by atoms with van der Waals surface area (Å²) >= 11 is 1.56. The van der Waals surface area contributed by atoms with Crippen LogP contribution in [0.2, 0.25) is 0 Å². The summed E-state index contributed by atoms with van der Waals surface area (Å²) in [6, 6.07) is 13.5. The summed E-state index contributed by atoms with van der Waals surface area (Å²) in [5, 5.41) is 6.34. The van der Waals surface area contributed by atoms with Crippen molar-refractivity contribution in [3.63, 3.8) is 0 Å². The van der Waals surface area contributed by atoms with Crippen molar-refractivity contribution in [3.05, 3.63) is 53.6 Å². The van der Waals surface area contributed by atoms with Crippen molar-refractivity contribution < 1.29 is 9.59 Å². The monoisotopic (exact) mass is 432 g/mol. The van der Waals surface area contributed by atoms with Gasteiger partial charge in [-0.3, -0.25) is 9.59 Å². The van der Waals surface area contributed by atoms with Crippen LogP contribution in [0, 0.1) is 23.2 Å². The van der Waals surface area contributed by atoms with Gasteiger partial charge in [0.1, 0.15) is 0 Å². The molecule has 2 aromatic carbocycles. The van der Waals surface area contributed by atoms with E-state index in [0.29, 0.717) is 16.8 Å². The lowest BCUT2D eigenvalue weighted by Crippen LogP contribution is -2.55. The first-order chi connectivity index (χ1) is 15.0. The number of benzene rings is 2. The largest absolute Gasteiger partial charge is 0.349 e. The van der Waals surface area contributed by atoms with Crippen molar-refractivity contribution in [3.8, 4) is 0 Å². The molecule has 0 radical (unpaired) electrons. The van der Waals surface area contributed by atoms with Crippen LogP contribution in [0.25, 0.3) is 0 Å². The second kappa shape index (κ2) is 7.13. The highest BCUT2D eigenvalue weighted by molar-refractivity contribution is 7.99. The minimum atomic E-state index is -0.124. The number of fused-ring (bicyclic) bond motifs is 2. The summed E-state index contributed by atoms with van der Waals surface area (Å²) in [4.78, 5) is 27.7. The maximum absolute atomic E-state index is 13.2. The summed E-state index contributed by atoms with van der Waals surface area (Å²) in [5.41, 5.74) is 2.27. The first-order valence-electron chi connectivity index (χ1n) is 11.5. The molecule has 1 heterocycles. The molecule has 0 aromatic heterocycles. The van der Waals surface area contributed by atoms with Crippen LogP contribution in [0.1, 0.15) is 66.2 Å². The van der Waals surface area contributed by atoms with Crippen LogP contribution in [-0.4, -0.2) is 17.9 Å². The van der Waals surface area contributed by atoms with Gasteiger partial charge in [-0.25, -0.2) is 0 Å². The van der Waals surface area contributed by atoms with Crippen molar-refractivity contribution in [2.24, 2.45) is 23.2 Å². The minimum Gasteiger partial charge on any atom is -0.349 e. The Hall–Kier alpha value is -2.27. The molecule has 5 heteroatoms. The molecule has 2 aromatic rings. The van der Waals surface area contributed by atoms with Gasteiger partial charge >= 0.3 is 0 Å². The molecule has 0 saturated heterocycles. The Morgan fingerprint density at radius 2 is 1.71 bits per heavy atom. The Kier molecular flexibility index (Phi) is 4.46. The van der Waals surface area contributed by atoms with Gasteiger partial charge in [0.25, 0.3) is 11.8 Å². The molecule has 4 aliphatic carbocycles. The summed E-state index contributed by atoms with van der Waals surface area (Å²) in [5.74, 6) is 2.44. The molecule has 4 fully saturated rings. The van der Waals surface area contributed by atoms with Gasteiger partial charge in [-0.05, 0) is 98.9 Å². The quantitative estimate of drug-likeness (QED) is 0.650. The highest BCUT2D eigenvalue weighted by Gasteiger charge is 2.53. The van der Waals surface area contributed by atoms with E-state index in [1.54, 1.807) is 11.8 Å². The Bertz CT molecular complexity index is 1040. The Labute approximate surface area is 187 Å². The minimum absolute atomic E-state index is 0.0351. The molecule has 7 rings (SSSR count). The molecular formula is C26H28N2O2S. The normalized spacial score (nSPS) is 31.3. The molecule has 4 nitrogen and oxygen atoms in total. The number of hydrogen-bond donors (Lipinski definition) is 2. The Morgan fingerprint density at radius 1 is 1.03 bits per heavy atom. The second-order valence-corrected chi connectivity index (χ2v) is 11.3. The molecular weight excluding hydrogens is 404 g/mol. The van der Waals surface area contributed by atoms with Crippen molar-refractivity contribution in [1.29, 1.82) is 0 Å². The van der Waals surface area contributed by atoms with Gasteiger partial charge < -0.3 is 10.6 Å². The maximum atomic E-state index is 13.2. The molecule has 5 aliphatic rings. The lowest BCUT2D eigenvalue weighted by Gasteiger charge is -2.59. The average molecular weight is 433 g/mol. The Balaban J connectivity index is 1.22. The zero-order valence-electron chi connectivity index (χ0n) is 17.8. The topological polar surface area (TPSA) is 58.2 Å². The number of amides is 2. The maximum Gasteiger partial charge on any atom is 0.256 e. The number of carbonyl (C=O) groups excluding carboxylic acids is 2. The van der Waals surface area contributed by atoms with Crippen LogP contribution in [0.15, 0.2) is 52.3 Å². The number of carbonyl (C=O) groups is 2. The van der Waals surface area contributed by atoms with Gasteiger partial charge in [0.15, 0.2) is 0 Å². The van der Waals surface area contributed by atoms with E-state index < -0.39 is 0 Å². The first-order valence-corrected chi connectivity index (χ1v) is 12.3. The van der Waals surface area contributed by atoms with Crippen LogP contribution >= 0.6 is 11.8 Å². The highest BCUT2D eigenvalue weighted by Crippen LogP contribution is 2.61. The molecule has 160 valence electrons. The van der Waals surface area contributed by atoms with Gasteiger partial charge in [-0.15, -0.1) is 0 Å². The van der Waals surface area contributed by atoms with Crippen molar-refractivity contribution >= 4 is 29.3 Å². The van der Waals surface area contributed by atoms with Crippen molar-refractivity contribution in [2.75, 3.05) is 5.32 Å². The standard InChI is InChI=1S/C26H28N2O2S/c1-15(26-12-16-8-17(13-26)10-18(9-16)14-26)27-24(29)19-6-7-23-21(11-19)28-25(30)20-4-2-3-5-22(20)31-23/h2-7,11,15-18H,8-10,12-14H2,1H3,(H,27,29)(H,28,30)/t15-,16?,17?,18?,26?/m0/s1. The third kappa shape index (κ3) is 3.29. The van der Waals surface area contributed by atoms with E-state index in [4.69, 9.17) is 0 Å². The van der Waals surface area contributed by atoms with Crippen LogP contribution in [0.5, 0.6) is 0 Å². The molecule has 2 amide bonds. The molecule has 1 aliphatic heterocycles. The van der Waals surface area contributed by atoms with E-state index in [2.05, 4.69) is 17.6 Å². The fraction of sp³-hybridized carbons (Fsp3) is 0.462. The third-order valence-electron chi connectivity index (χ3n) is 8.19. The molecule has 1 atom stereocenters. The molecule has 4 saturated carbocycles. The number of anilines is 1. The van der Waals surface area contributed by atoms with Crippen molar-refractivity contribution in [2.45, 2.75) is 61.3 Å². The highest BCUT2D eigenvalue weighted by atomic mass is 32.2. The van der Waals surface area contributed by atoms with Crippen LogP contribution in [0.4, 0.5) is 5.69 Å². The molecule has 4 bridgehead atoms. The lowest BCUT2D eigenvalue weighted by atomic mass is 9.48. The smallest absolute Gasteiger partial charge is 0.256 e. The SMILES string of the molecule is C[C@H](NC(=O)c1ccc2c(c1)NC(=O)c1ccccc1S2)C12CC3CC(CC(C3)C1)C2. The van der Waals surface area contributed by atoms with Crippen LogP contribution < -0.4 is 10.6 Å². The number of hydrogen-bond acceptors (Lipinski definition) is 3. The Morgan fingerprint density at radius 3 is 2.42 bits per heavy atom. The zero-order chi connectivity index (χ0) is 21.2. The van der Waals surface area contributed by atoms with Gasteiger partial charge in [-0.2, -0.15) is 0 Å². The van der Waals surface area contributed by atoms with Crippen LogP contribution in [0.3, 0.4) is 0 Å². The fourth-order valence-corrected chi connectivity index (χ4v) is 8.06. The molecule has 2 N–H and O–H groups in total. The summed E-state index contributed by atoms with van der Waals surface area (Å²) in [7, 11) is 0. The van der Waals surface area contributed by atoms with E-state index in [0.717, 1.165) is 27.5 Å². The zero-order valence-corrected chi connectivity index (χ0v) is 18.6. The number of rotatable bonds is 3. The number of nitrogens with one attached hydrogen (secondary N) is 2. The van der Waals surface area contributed by atoms with Gasteiger partial charge in [-0.1, -0.05) is 23.9 Å². The van der Waals surface area contributed by atoms with Crippen LogP contribution in [-0.2, 0) is 0 Å². The first kappa shape index (κ1) is 19.4. The van der Waals surface area contributed by atoms with E-state index in [9.17, 15) is 9.59 Å². The molecule has 0 spiro atoms. The summed E-state index contributed by atoms with van der Waals surface area (Å²) in [6.07, 6.45) is 8.04. The van der Waals surface area contributed by atoms with Crippen molar-refractivity contribution in [1.82, 2.24) is 5.32 Å². The van der Waals surface area contributed by atoms with Gasteiger partial charge in [0, 0.05) is 21.4 Å². The average Bonchev–Trinajstić information content (AvgIpc) is 2.88. The van der Waals surface area contributed by atoms with E-state index >= 15 is 0 Å². The fourth-order valence-electron chi connectivity index (χ4n) is 7.05. The molecule has 31 heavy (non-hydrogen) atoms. The third-order valence-corrected chi connectivity index (χ3v) is 9.35. The second-order valence-electron chi connectivity index (χ2n) is 10.2. The van der Waals surface area contributed by atoms with Gasteiger partial charge in [0.05, 0.1) is 11.3 Å². The lowest BCUT2D eigenvalue weighted by molar-refractivity contribution is -0.0688. The van der Waals surface area contributed by atoms with E-state index in [-0.39, 0.29) is 23.3 Å². The summed E-state index contributed by atoms with van der Waals surface area (Å²) < 4.78 is 0. The predicted octanol–water partition coefficient (Wildman–Crippen LogP) is 5.74. The summed E-state index contributed by atoms with van der Waals surface area (Å²) in [6.45, 7) is 2.21. The van der Waals surface area contributed by atoms with Gasteiger partial charge in [0.2, 0.25) is 0 Å². The van der Waals surface area contributed by atoms with E-state index in [1.807, 2.05) is 42.5 Å². The van der Waals surface area contributed by atoms with E-state index in [1.165, 1.54) is 38.5 Å².